The number of rotatable bonds is 2. The van der Waals surface area contributed by atoms with Gasteiger partial charge in [-0.25, -0.2) is 4.98 Å². The minimum absolute atomic E-state index is 0.0608. The molecule has 0 aliphatic heterocycles. The summed E-state index contributed by atoms with van der Waals surface area (Å²) in [4.78, 5) is 15.5. The lowest BCUT2D eigenvalue weighted by Gasteiger charge is -2.08. The first-order chi connectivity index (χ1) is 6.02. The van der Waals surface area contributed by atoms with E-state index >= 15 is 0 Å². The molecule has 13 heavy (non-hydrogen) atoms. The maximum atomic E-state index is 11.6. The summed E-state index contributed by atoms with van der Waals surface area (Å²) >= 11 is 7.60. The van der Waals surface area contributed by atoms with E-state index in [1.165, 1.54) is 6.33 Å². The van der Waals surface area contributed by atoms with E-state index < -0.39 is 0 Å². The van der Waals surface area contributed by atoms with Crippen molar-refractivity contribution in [3.8, 4) is 0 Å². The van der Waals surface area contributed by atoms with Crippen molar-refractivity contribution < 1.29 is 0 Å². The van der Waals surface area contributed by atoms with Gasteiger partial charge in [-0.1, -0.05) is 25.4 Å². The molecule has 0 unspecified atom stereocenters. The van der Waals surface area contributed by atoms with E-state index in [1.807, 2.05) is 36.4 Å². The predicted molar refractivity (Wildman–Crippen MR) is 61.1 cm³/mol. The highest BCUT2D eigenvalue weighted by atomic mass is 127. The van der Waals surface area contributed by atoms with Crippen molar-refractivity contribution in [3.05, 3.63) is 25.4 Å². The van der Waals surface area contributed by atoms with E-state index in [-0.39, 0.29) is 10.7 Å². The van der Waals surface area contributed by atoms with E-state index in [2.05, 4.69) is 4.98 Å². The minimum Gasteiger partial charge on any atom is -0.298 e. The van der Waals surface area contributed by atoms with Gasteiger partial charge in [-0.05, 0) is 28.5 Å². The molecular formula is C8H10ClIN2O. The van der Waals surface area contributed by atoms with Gasteiger partial charge in [0.2, 0.25) is 0 Å². The molecule has 1 aromatic heterocycles. The molecule has 0 aliphatic rings. The molecule has 0 radical (unpaired) electrons. The molecule has 1 aromatic rings. The van der Waals surface area contributed by atoms with Crippen molar-refractivity contribution in [1.82, 2.24) is 9.55 Å². The zero-order chi connectivity index (χ0) is 10.0. The van der Waals surface area contributed by atoms with E-state index in [4.69, 9.17) is 11.6 Å². The second-order valence-corrected chi connectivity index (χ2v) is 4.64. The molecule has 0 amide bonds. The summed E-state index contributed by atoms with van der Waals surface area (Å²) in [5, 5.41) is 0.283. The van der Waals surface area contributed by atoms with Crippen molar-refractivity contribution in [2.75, 3.05) is 0 Å². The lowest BCUT2D eigenvalue weighted by atomic mass is 10.2. The monoisotopic (exact) mass is 312 g/mol. The third-order valence-corrected chi connectivity index (χ3v) is 3.08. The van der Waals surface area contributed by atoms with Gasteiger partial charge in [-0.2, -0.15) is 0 Å². The summed E-state index contributed by atoms with van der Waals surface area (Å²) in [6.45, 7) is 4.78. The normalized spacial score (nSPS) is 10.8. The molecule has 0 bridgehead atoms. The third kappa shape index (κ3) is 2.67. The average molecular weight is 313 g/mol. The molecule has 5 heteroatoms. The molecule has 0 saturated heterocycles. The summed E-state index contributed by atoms with van der Waals surface area (Å²) < 4.78 is 2.07. The average Bonchev–Trinajstić information content (AvgIpc) is 2.06. The van der Waals surface area contributed by atoms with Gasteiger partial charge in [0, 0.05) is 6.54 Å². The zero-order valence-corrected chi connectivity index (χ0v) is 10.3. The van der Waals surface area contributed by atoms with E-state index in [0.29, 0.717) is 16.0 Å². The second-order valence-electron chi connectivity index (χ2n) is 3.20. The highest BCUT2D eigenvalue weighted by Crippen LogP contribution is 2.09. The van der Waals surface area contributed by atoms with Gasteiger partial charge in [0.05, 0.1) is 6.33 Å². The van der Waals surface area contributed by atoms with Crippen molar-refractivity contribution in [1.29, 1.82) is 0 Å². The van der Waals surface area contributed by atoms with Crippen LogP contribution >= 0.6 is 34.2 Å². The summed E-state index contributed by atoms with van der Waals surface area (Å²) in [5.74, 6) is 0.427. The van der Waals surface area contributed by atoms with Crippen LogP contribution in [0, 0.1) is 9.49 Å². The molecule has 0 fully saturated rings. The molecule has 0 aliphatic carbocycles. The summed E-state index contributed by atoms with van der Waals surface area (Å²) in [6.07, 6.45) is 1.49. The van der Waals surface area contributed by atoms with Gasteiger partial charge >= 0.3 is 0 Å². The summed E-state index contributed by atoms with van der Waals surface area (Å²) in [6, 6.07) is 0. The van der Waals surface area contributed by atoms with Crippen molar-refractivity contribution >= 4 is 34.2 Å². The molecule has 0 N–H and O–H groups in total. The van der Waals surface area contributed by atoms with Crippen LogP contribution in [-0.2, 0) is 6.54 Å². The third-order valence-electron chi connectivity index (χ3n) is 1.50. The standard InChI is InChI=1S/C8H10ClIN2O/c1-5(2)3-12-4-11-7(9)6(10)8(12)13/h4-5H,3H2,1-2H3. The quantitative estimate of drug-likeness (QED) is 0.619. The number of nitrogens with zero attached hydrogens (tertiary/aromatic N) is 2. The van der Waals surface area contributed by atoms with Gasteiger partial charge < -0.3 is 0 Å². The largest absolute Gasteiger partial charge is 0.298 e. The molecule has 0 spiro atoms. The Balaban J connectivity index is 3.12. The molecule has 3 nitrogen and oxygen atoms in total. The first kappa shape index (κ1) is 11.0. The number of hydrogen-bond donors (Lipinski definition) is 0. The Bertz CT molecular complexity index is 362. The Morgan fingerprint density at radius 1 is 1.69 bits per heavy atom. The summed E-state index contributed by atoms with van der Waals surface area (Å²) in [7, 11) is 0. The Morgan fingerprint density at radius 3 is 2.85 bits per heavy atom. The van der Waals surface area contributed by atoms with Crippen molar-refractivity contribution in [2.24, 2.45) is 5.92 Å². The lowest BCUT2D eigenvalue weighted by molar-refractivity contribution is 0.504. The van der Waals surface area contributed by atoms with Crippen LogP contribution in [0.4, 0.5) is 0 Å². The predicted octanol–water partition coefficient (Wildman–Crippen LogP) is 2.16. The second kappa shape index (κ2) is 4.41. The van der Waals surface area contributed by atoms with Crippen LogP contribution in [0.25, 0.3) is 0 Å². The highest BCUT2D eigenvalue weighted by Gasteiger charge is 2.07. The topological polar surface area (TPSA) is 34.9 Å². The van der Waals surface area contributed by atoms with Gasteiger partial charge in [0.1, 0.15) is 8.72 Å². The summed E-state index contributed by atoms with van der Waals surface area (Å²) in [5.41, 5.74) is -0.0608. The van der Waals surface area contributed by atoms with E-state index in [1.54, 1.807) is 4.57 Å². The molecule has 0 aromatic carbocycles. The van der Waals surface area contributed by atoms with Crippen LogP contribution in [0.3, 0.4) is 0 Å². The molecule has 72 valence electrons. The molecule has 0 atom stereocenters. The van der Waals surface area contributed by atoms with Gasteiger partial charge in [0.15, 0.2) is 0 Å². The Morgan fingerprint density at radius 2 is 2.31 bits per heavy atom. The molecule has 1 heterocycles. The number of hydrogen-bond acceptors (Lipinski definition) is 2. The fourth-order valence-corrected chi connectivity index (χ4v) is 1.54. The van der Waals surface area contributed by atoms with Crippen LogP contribution < -0.4 is 5.56 Å². The molecular weight excluding hydrogens is 302 g/mol. The van der Waals surface area contributed by atoms with E-state index in [0.717, 1.165) is 0 Å². The molecule has 0 saturated carbocycles. The van der Waals surface area contributed by atoms with Gasteiger partial charge in [-0.15, -0.1) is 0 Å². The Labute approximate surface area is 95.3 Å². The first-order valence-corrected chi connectivity index (χ1v) is 5.38. The molecule has 1 rings (SSSR count). The van der Waals surface area contributed by atoms with Crippen molar-refractivity contribution in [2.45, 2.75) is 20.4 Å². The first-order valence-electron chi connectivity index (χ1n) is 3.92. The Hall–Kier alpha value is -0.100. The van der Waals surface area contributed by atoms with E-state index in [9.17, 15) is 4.79 Å². The smallest absolute Gasteiger partial charge is 0.268 e. The minimum atomic E-state index is -0.0608. The van der Waals surface area contributed by atoms with Crippen LogP contribution in [0.5, 0.6) is 0 Å². The maximum absolute atomic E-state index is 11.6. The van der Waals surface area contributed by atoms with Crippen LogP contribution in [0.1, 0.15) is 13.8 Å². The van der Waals surface area contributed by atoms with Gasteiger partial charge in [-0.3, -0.25) is 9.36 Å². The lowest BCUT2D eigenvalue weighted by Crippen LogP contribution is -2.25. The van der Waals surface area contributed by atoms with Gasteiger partial charge in [0.25, 0.3) is 5.56 Å². The fraction of sp³-hybridized carbons (Fsp3) is 0.500. The number of halogens is 2. The Kier molecular flexibility index (Phi) is 3.73. The zero-order valence-electron chi connectivity index (χ0n) is 7.42. The highest BCUT2D eigenvalue weighted by molar-refractivity contribution is 14.1. The van der Waals surface area contributed by atoms with Crippen molar-refractivity contribution in [3.63, 3.8) is 0 Å². The fourth-order valence-electron chi connectivity index (χ4n) is 0.967. The SMILES string of the molecule is CC(C)Cn1cnc(Cl)c(I)c1=O. The van der Waals surface area contributed by atoms with Crippen LogP contribution in [0.15, 0.2) is 11.1 Å². The van der Waals surface area contributed by atoms with Crippen LogP contribution in [0.2, 0.25) is 5.15 Å². The maximum Gasteiger partial charge on any atom is 0.268 e. The number of aromatic nitrogens is 2. The van der Waals surface area contributed by atoms with Crippen LogP contribution in [-0.4, -0.2) is 9.55 Å².